The van der Waals surface area contributed by atoms with E-state index in [1.54, 1.807) is 80.3 Å². The van der Waals surface area contributed by atoms with Gasteiger partial charge in [-0.2, -0.15) is 0 Å². The van der Waals surface area contributed by atoms with Crippen LogP contribution in [0.1, 0.15) is 31.8 Å². The van der Waals surface area contributed by atoms with Gasteiger partial charge in [-0.05, 0) is 83.9 Å². The Balaban J connectivity index is 0.923. The summed E-state index contributed by atoms with van der Waals surface area (Å²) in [5.41, 5.74) is 15.7. The number of carbonyl (C=O) groups excluding carboxylic acids is 4. The molecule has 264 valence electrons. The Kier molecular flexibility index (Phi) is 11.1. The summed E-state index contributed by atoms with van der Waals surface area (Å²) in [4.78, 5) is 58.5. The lowest BCUT2D eigenvalue weighted by molar-refractivity contribution is 0.0666. The maximum Gasteiger partial charge on any atom is 0.321 e. The minimum atomic E-state index is -0.234. The van der Waals surface area contributed by atoms with E-state index >= 15 is 0 Å². The van der Waals surface area contributed by atoms with E-state index in [0.29, 0.717) is 99.4 Å². The van der Waals surface area contributed by atoms with Gasteiger partial charge in [0.2, 0.25) is 0 Å². The van der Waals surface area contributed by atoms with Crippen LogP contribution in [0.3, 0.4) is 0 Å². The fourth-order valence-electron chi connectivity index (χ4n) is 6.01. The number of ether oxygens (including phenoxy) is 1. The van der Waals surface area contributed by atoms with Gasteiger partial charge in [-0.1, -0.05) is 24.3 Å². The van der Waals surface area contributed by atoms with E-state index in [-0.39, 0.29) is 23.9 Å². The first-order chi connectivity index (χ1) is 24.8. The molecule has 0 radical (unpaired) electrons. The van der Waals surface area contributed by atoms with Gasteiger partial charge in [0, 0.05) is 87.9 Å². The summed E-state index contributed by atoms with van der Waals surface area (Å²) in [6.45, 7) is 4.22. The number of hydrogen-bond donors (Lipinski definition) is 4. The van der Waals surface area contributed by atoms with Gasteiger partial charge in [0.1, 0.15) is 11.5 Å². The number of amides is 6. The predicted octanol–water partition coefficient (Wildman–Crippen LogP) is 4.38. The van der Waals surface area contributed by atoms with Crippen LogP contribution in [-0.2, 0) is 13.1 Å². The number of carbonyl (C=O) groups is 4. The van der Waals surface area contributed by atoms with Crippen molar-refractivity contribution in [3.05, 3.63) is 119 Å². The third-order valence-electron chi connectivity index (χ3n) is 8.97. The lowest BCUT2D eigenvalue weighted by atomic mass is 10.1. The van der Waals surface area contributed by atoms with Crippen molar-refractivity contribution in [1.29, 1.82) is 0 Å². The molecule has 6 N–H and O–H groups in total. The van der Waals surface area contributed by atoms with Crippen LogP contribution in [-0.4, -0.2) is 95.8 Å². The first kappa shape index (κ1) is 34.9. The molecule has 0 spiro atoms. The molecule has 0 aromatic heterocycles. The van der Waals surface area contributed by atoms with E-state index in [1.165, 1.54) is 0 Å². The highest BCUT2D eigenvalue weighted by Gasteiger charge is 2.26. The zero-order chi connectivity index (χ0) is 35.7. The molecule has 2 aliphatic heterocycles. The first-order valence-corrected chi connectivity index (χ1v) is 17.0. The molecule has 4 aromatic rings. The van der Waals surface area contributed by atoms with E-state index in [2.05, 4.69) is 10.6 Å². The van der Waals surface area contributed by atoms with Crippen LogP contribution < -0.4 is 26.8 Å². The van der Waals surface area contributed by atoms with E-state index in [1.807, 2.05) is 36.4 Å². The Morgan fingerprint density at radius 1 is 0.510 bits per heavy atom. The summed E-state index contributed by atoms with van der Waals surface area (Å²) in [5.74, 6) is 1.04. The van der Waals surface area contributed by atoms with Gasteiger partial charge < -0.3 is 46.4 Å². The third-order valence-corrected chi connectivity index (χ3v) is 8.97. The highest BCUT2D eigenvalue weighted by molar-refractivity contribution is 5.96. The molecule has 13 heteroatoms. The normalized spacial score (nSPS) is 14.5. The number of nitrogens with one attached hydrogen (secondary N) is 2. The van der Waals surface area contributed by atoms with Crippen LogP contribution in [0.4, 0.5) is 21.0 Å². The quantitative estimate of drug-likeness (QED) is 0.213. The molecule has 0 unspecified atom stereocenters. The summed E-state index contributed by atoms with van der Waals surface area (Å²) >= 11 is 0. The number of rotatable bonds is 8. The average molecular weight is 691 g/mol. The lowest BCUT2D eigenvalue weighted by Crippen LogP contribution is -2.51. The Morgan fingerprint density at radius 3 is 1.22 bits per heavy atom. The number of anilines is 2. The Hall–Kier alpha value is -5.92. The molecule has 6 amide bonds. The van der Waals surface area contributed by atoms with Crippen LogP contribution in [0.2, 0.25) is 0 Å². The molecule has 2 fully saturated rings. The fourth-order valence-corrected chi connectivity index (χ4v) is 6.01. The molecular formula is C38H42N8O5. The minimum absolute atomic E-state index is 0.0634. The van der Waals surface area contributed by atoms with Crippen molar-refractivity contribution < 1.29 is 23.9 Å². The molecule has 13 nitrogen and oxygen atoms in total. The van der Waals surface area contributed by atoms with Crippen molar-refractivity contribution in [3.8, 4) is 11.5 Å². The molecule has 2 saturated heterocycles. The Labute approximate surface area is 296 Å². The van der Waals surface area contributed by atoms with E-state index in [9.17, 15) is 19.2 Å². The summed E-state index contributed by atoms with van der Waals surface area (Å²) in [7, 11) is 0. The molecule has 0 bridgehead atoms. The first-order valence-electron chi connectivity index (χ1n) is 17.0. The SMILES string of the molecule is NCc1cccc(C(=O)N2CCN(C(=O)Nc3ccc(Oc4ccc(NC(=O)N5CCN(C(=O)c6cccc(CN)c6)CC5)cc4)cc3)CC2)c1. The Morgan fingerprint density at radius 2 is 0.863 bits per heavy atom. The third kappa shape index (κ3) is 8.82. The monoisotopic (exact) mass is 690 g/mol. The zero-order valence-electron chi connectivity index (χ0n) is 28.3. The van der Waals surface area contributed by atoms with Crippen molar-refractivity contribution in [1.82, 2.24) is 19.6 Å². The van der Waals surface area contributed by atoms with Gasteiger partial charge in [0.25, 0.3) is 11.8 Å². The lowest BCUT2D eigenvalue weighted by Gasteiger charge is -2.34. The largest absolute Gasteiger partial charge is 0.457 e. The van der Waals surface area contributed by atoms with Crippen molar-refractivity contribution >= 4 is 35.3 Å². The second-order valence-electron chi connectivity index (χ2n) is 12.4. The maximum atomic E-state index is 12.9. The van der Waals surface area contributed by atoms with E-state index < -0.39 is 0 Å². The number of hydrogen-bond acceptors (Lipinski definition) is 7. The molecule has 4 aromatic carbocycles. The summed E-state index contributed by atoms with van der Waals surface area (Å²) in [5, 5.41) is 5.82. The van der Waals surface area contributed by atoms with Crippen molar-refractivity contribution in [2.45, 2.75) is 13.1 Å². The molecule has 0 atom stereocenters. The highest BCUT2D eigenvalue weighted by atomic mass is 16.5. The Bertz CT molecular complexity index is 1720. The van der Waals surface area contributed by atoms with Gasteiger partial charge in [-0.25, -0.2) is 9.59 Å². The molecule has 6 rings (SSSR count). The molecule has 2 heterocycles. The minimum Gasteiger partial charge on any atom is -0.457 e. The highest BCUT2D eigenvalue weighted by Crippen LogP contribution is 2.25. The topological polar surface area (TPSA) is 167 Å². The number of urea groups is 2. The smallest absolute Gasteiger partial charge is 0.321 e. The van der Waals surface area contributed by atoms with Gasteiger partial charge in [0.05, 0.1) is 0 Å². The summed E-state index contributed by atoms with van der Waals surface area (Å²) < 4.78 is 5.97. The van der Waals surface area contributed by atoms with Gasteiger partial charge in [-0.3, -0.25) is 9.59 Å². The van der Waals surface area contributed by atoms with Crippen molar-refractivity contribution in [3.63, 3.8) is 0 Å². The van der Waals surface area contributed by atoms with Crippen molar-refractivity contribution in [2.75, 3.05) is 63.0 Å². The maximum absolute atomic E-state index is 12.9. The van der Waals surface area contributed by atoms with Crippen molar-refractivity contribution in [2.24, 2.45) is 11.5 Å². The second-order valence-corrected chi connectivity index (χ2v) is 12.4. The molecular weight excluding hydrogens is 648 g/mol. The molecule has 0 aliphatic carbocycles. The summed E-state index contributed by atoms with van der Waals surface area (Å²) in [6, 6.07) is 28.2. The van der Waals surface area contributed by atoms with Gasteiger partial charge in [0.15, 0.2) is 0 Å². The van der Waals surface area contributed by atoms with Crippen LogP contribution in [0, 0.1) is 0 Å². The summed E-state index contributed by atoms with van der Waals surface area (Å²) in [6.07, 6.45) is 0. The zero-order valence-corrected chi connectivity index (χ0v) is 28.3. The van der Waals surface area contributed by atoms with E-state index in [4.69, 9.17) is 16.2 Å². The fraction of sp³-hybridized carbons (Fsp3) is 0.263. The van der Waals surface area contributed by atoms with Gasteiger partial charge in [-0.15, -0.1) is 0 Å². The molecule has 2 aliphatic rings. The van der Waals surface area contributed by atoms with Crippen LogP contribution in [0.5, 0.6) is 11.5 Å². The van der Waals surface area contributed by atoms with Crippen LogP contribution in [0.25, 0.3) is 0 Å². The van der Waals surface area contributed by atoms with Crippen LogP contribution in [0.15, 0.2) is 97.1 Å². The average Bonchev–Trinajstić information content (AvgIpc) is 3.19. The standard InChI is InChI=1S/C38H42N8O5/c39-25-27-3-1-5-29(23-27)35(47)43-15-19-45(20-16-43)37(49)41-31-7-11-33(12-8-31)51-34-13-9-32(10-14-34)42-38(50)46-21-17-44(18-22-46)36(48)30-6-2-4-28(24-30)26-40/h1-14,23-24H,15-22,25-26,39-40H2,(H,41,49)(H,42,50). The van der Waals surface area contributed by atoms with Crippen LogP contribution >= 0.6 is 0 Å². The number of nitrogens with two attached hydrogens (primary N) is 2. The molecule has 0 saturated carbocycles. The number of piperazine rings is 2. The number of nitrogens with zero attached hydrogens (tertiary/aromatic N) is 4. The van der Waals surface area contributed by atoms with Gasteiger partial charge >= 0.3 is 12.1 Å². The van der Waals surface area contributed by atoms with E-state index in [0.717, 1.165) is 11.1 Å². The molecule has 51 heavy (non-hydrogen) atoms. The predicted molar refractivity (Wildman–Crippen MR) is 195 cm³/mol. The second kappa shape index (κ2) is 16.2. The number of benzene rings is 4.